The molecule has 0 unspecified atom stereocenters. The number of hydrogen-bond acceptors (Lipinski definition) is 3. The van der Waals surface area contributed by atoms with Crippen molar-refractivity contribution in [2.75, 3.05) is 18.0 Å². The van der Waals surface area contributed by atoms with Gasteiger partial charge < -0.3 is 9.69 Å². The first-order valence-electron chi connectivity index (χ1n) is 5.53. The fourth-order valence-corrected chi connectivity index (χ4v) is 1.92. The lowest BCUT2D eigenvalue weighted by atomic mass is 10.2. The minimum atomic E-state index is 0.588. The molecule has 0 radical (unpaired) electrons. The molecule has 3 nitrogen and oxygen atoms in total. The van der Waals surface area contributed by atoms with Crippen molar-refractivity contribution in [2.24, 2.45) is 0 Å². The van der Waals surface area contributed by atoms with Gasteiger partial charge in [0.05, 0.1) is 0 Å². The SMILES string of the molecule is O=CCCc1ccc(N2CCCC2)nc1. The molecule has 0 spiro atoms. The molecule has 1 fully saturated rings. The number of aromatic nitrogens is 1. The number of nitrogens with zero attached hydrogens (tertiary/aromatic N) is 2. The quantitative estimate of drug-likeness (QED) is 0.701. The van der Waals surface area contributed by atoms with Gasteiger partial charge in [-0.05, 0) is 30.9 Å². The van der Waals surface area contributed by atoms with Crippen molar-refractivity contribution < 1.29 is 4.79 Å². The van der Waals surface area contributed by atoms with Crippen LogP contribution in [0.15, 0.2) is 18.3 Å². The Morgan fingerprint density at radius 1 is 1.33 bits per heavy atom. The summed E-state index contributed by atoms with van der Waals surface area (Å²) < 4.78 is 0. The molecule has 80 valence electrons. The fraction of sp³-hybridized carbons (Fsp3) is 0.500. The van der Waals surface area contributed by atoms with Crippen molar-refractivity contribution in [1.82, 2.24) is 4.98 Å². The summed E-state index contributed by atoms with van der Waals surface area (Å²) in [4.78, 5) is 17.0. The summed E-state index contributed by atoms with van der Waals surface area (Å²) in [6.07, 6.45) is 6.77. The highest BCUT2D eigenvalue weighted by Gasteiger charge is 2.12. The van der Waals surface area contributed by atoms with Gasteiger partial charge in [-0.25, -0.2) is 4.98 Å². The van der Waals surface area contributed by atoms with Crippen molar-refractivity contribution in [1.29, 1.82) is 0 Å². The normalized spacial score (nSPS) is 15.6. The summed E-state index contributed by atoms with van der Waals surface area (Å²) in [5.74, 6) is 1.07. The minimum absolute atomic E-state index is 0.588. The molecule has 1 aromatic heterocycles. The van der Waals surface area contributed by atoms with E-state index in [0.717, 1.165) is 37.2 Å². The number of aldehydes is 1. The third-order valence-corrected chi connectivity index (χ3v) is 2.79. The van der Waals surface area contributed by atoms with E-state index in [1.54, 1.807) is 0 Å². The molecule has 0 atom stereocenters. The maximum Gasteiger partial charge on any atom is 0.128 e. The van der Waals surface area contributed by atoms with E-state index in [9.17, 15) is 4.79 Å². The average molecular weight is 204 g/mol. The van der Waals surface area contributed by atoms with Crippen LogP contribution in [0.25, 0.3) is 0 Å². The number of hydrogen-bond donors (Lipinski definition) is 0. The van der Waals surface area contributed by atoms with Crippen LogP contribution in [-0.2, 0) is 11.2 Å². The van der Waals surface area contributed by atoms with E-state index in [1.807, 2.05) is 6.20 Å². The molecular formula is C12H16N2O. The second-order valence-electron chi connectivity index (χ2n) is 3.92. The maximum absolute atomic E-state index is 10.2. The zero-order valence-corrected chi connectivity index (χ0v) is 8.85. The third-order valence-electron chi connectivity index (χ3n) is 2.79. The Morgan fingerprint density at radius 2 is 2.13 bits per heavy atom. The molecule has 2 heterocycles. The van der Waals surface area contributed by atoms with Crippen LogP contribution < -0.4 is 4.90 Å². The zero-order chi connectivity index (χ0) is 10.5. The van der Waals surface area contributed by atoms with Crippen LogP contribution in [0.2, 0.25) is 0 Å². The molecule has 0 saturated carbocycles. The first-order valence-corrected chi connectivity index (χ1v) is 5.53. The summed E-state index contributed by atoms with van der Waals surface area (Å²) in [6.45, 7) is 2.25. The van der Waals surface area contributed by atoms with Crippen LogP contribution in [0.5, 0.6) is 0 Å². The summed E-state index contributed by atoms with van der Waals surface area (Å²) in [6, 6.07) is 4.13. The van der Waals surface area contributed by atoms with Gasteiger partial charge in [0, 0.05) is 25.7 Å². The van der Waals surface area contributed by atoms with Crippen LogP contribution in [0.3, 0.4) is 0 Å². The highest BCUT2D eigenvalue weighted by atomic mass is 16.1. The smallest absolute Gasteiger partial charge is 0.128 e. The van der Waals surface area contributed by atoms with E-state index in [1.165, 1.54) is 12.8 Å². The van der Waals surface area contributed by atoms with Gasteiger partial charge in [0.1, 0.15) is 12.1 Å². The Bertz CT molecular complexity index is 315. The number of pyridine rings is 1. The number of carbonyl (C=O) groups is 1. The van der Waals surface area contributed by atoms with Gasteiger partial charge in [-0.2, -0.15) is 0 Å². The van der Waals surface area contributed by atoms with Gasteiger partial charge in [-0.15, -0.1) is 0 Å². The molecule has 15 heavy (non-hydrogen) atoms. The molecule has 0 N–H and O–H groups in total. The molecular weight excluding hydrogens is 188 g/mol. The summed E-state index contributed by atoms with van der Waals surface area (Å²) >= 11 is 0. The van der Waals surface area contributed by atoms with Crippen molar-refractivity contribution in [2.45, 2.75) is 25.7 Å². The average Bonchev–Trinajstić information content (AvgIpc) is 2.80. The number of aryl methyl sites for hydroxylation is 1. The lowest BCUT2D eigenvalue weighted by Crippen LogP contribution is -2.18. The number of anilines is 1. The summed E-state index contributed by atoms with van der Waals surface area (Å²) in [5, 5.41) is 0. The highest BCUT2D eigenvalue weighted by Crippen LogP contribution is 2.17. The number of carbonyl (C=O) groups excluding carboxylic acids is 1. The Morgan fingerprint density at radius 3 is 2.73 bits per heavy atom. The topological polar surface area (TPSA) is 33.2 Å². The van der Waals surface area contributed by atoms with Crippen molar-refractivity contribution in [3.63, 3.8) is 0 Å². The van der Waals surface area contributed by atoms with Gasteiger partial charge in [0.15, 0.2) is 0 Å². The van der Waals surface area contributed by atoms with Gasteiger partial charge in [0.2, 0.25) is 0 Å². The van der Waals surface area contributed by atoms with E-state index in [4.69, 9.17) is 0 Å². The Labute approximate surface area is 90.1 Å². The third kappa shape index (κ3) is 2.55. The van der Waals surface area contributed by atoms with E-state index >= 15 is 0 Å². The zero-order valence-electron chi connectivity index (χ0n) is 8.85. The second kappa shape index (κ2) is 4.91. The Kier molecular flexibility index (Phi) is 3.33. The molecule has 0 aliphatic carbocycles. The standard InChI is InChI=1S/C12H16N2O/c15-9-3-4-11-5-6-12(13-10-11)14-7-1-2-8-14/h5-6,9-10H,1-4,7-8H2. The van der Waals surface area contributed by atoms with Crippen LogP contribution in [0.1, 0.15) is 24.8 Å². The molecule has 0 amide bonds. The van der Waals surface area contributed by atoms with Gasteiger partial charge in [-0.3, -0.25) is 0 Å². The molecule has 0 aromatic carbocycles. The maximum atomic E-state index is 10.2. The van der Waals surface area contributed by atoms with E-state index < -0.39 is 0 Å². The molecule has 0 bridgehead atoms. The van der Waals surface area contributed by atoms with Crippen molar-refractivity contribution in [3.05, 3.63) is 23.9 Å². The predicted molar refractivity (Wildman–Crippen MR) is 60.1 cm³/mol. The van der Waals surface area contributed by atoms with Gasteiger partial charge in [0.25, 0.3) is 0 Å². The summed E-state index contributed by atoms with van der Waals surface area (Å²) in [7, 11) is 0. The van der Waals surface area contributed by atoms with E-state index in [0.29, 0.717) is 6.42 Å². The molecule has 1 aromatic rings. The van der Waals surface area contributed by atoms with Crippen molar-refractivity contribution >= 4 is 12.1 Å². The minimum Gasteiger partial charge on any atom is -0.357 e. The summed E-state index contributed by atoms with van der Waals surface area (Å²) in [5.41, 5.74) is 1.14. The van der Waals surface area contributed by atoms with Crippen molar-refractivity contribution in [3.8, 4) is 0 Å². The van der Waals surface area contributed by atoms with Crippen LogP contribution in [-0.4, -0.2) is 24.4 Å². The lowest BCUT2D eigenvalue weighted by Gasteiger charge is -2.16. The first-order chi connectivity index (χ1) is 7.40. The monoisotopic (exact) mass is 204 g/mol. The largest absolute Gasteiger partial charge is 0.357 e. The lowest BCUT2D eigenvalue weighted by molar-refractivity contribution is -0.107. The predicted octanol–water partition coefficient (Wildman–Crippen LogP) is 1.81. The molecule has 1 aliphatic heterocycles. The molecule has 1 saturated heterocycles. The molecule has 3 heteroatoms. The Hall–Kier alpha value is -1.38. The van der Waals surface area contributed by atoms with E-state index in [2.05, 4.69) is 22.0 Å². The molecule has 2 rings (SSSR count). The fourth-order valence-electron chi connectivity index (χ4n) is 1.92. The molecule has 1 aliphatic rings. The Balaban J connectivity index is 1.99. The van der Waals surface area contributed by atoms with Gasteiger partial charge >= 0.3 is 0 Å². The van der Waals surface area contributed by atoms with Gasteiger partial charge in [-0.1, -0.05) is 6.07 Å². The first kappa shape index (κ1) is 10.1. The van der Waals surface area contributed by atoms with Crippen LogP contribution in [0.4, 0.5) is 5.82 Å². The van der Waals surface area contributed by atoms with Crippen LogP contribution >= 0.6 is 0 Å². The van der Waals surface area contributed by atoms with Crippen LogP contribution in [0, 0.1) is 0 Å². The second-order valence-corrected chi connectivity index (χ2v) is 3.92. The van der Waals surface area contributed by atoms with E-state index in [-0.39, 0.29) is 0 Å². The number of rotatable bonds is 4. The highest BCUT2D eigenvalue weighted by molar-refractivity contribution is 5.50.